The molecule has 2 aliphatic heterocycles. The molecule has 1 spiro atoms. The molecule has 0 radical (unpaired) electrons. The monoisotopic (exact) mass is 334 g/mol. The first-order valence-electron chi connectivity index (χ1n) is 7.65. The topological polar surface area (TPSA) is 124 Å². The van der Waals surface area contributed by atoms with Crippen LogP contribution >= 0.6 is 0 Å². The van der Waals surface area contributed by atoms with Crippen molar-refractivity contribution in [1.82, 2.24) is 14.9 Å². The Morgan fingerprint density at radius 1 is 1.25 bits per heavy atom. The van der Waals surface area contributed by atoms with Gasteiger partial charge in [0, 0.05) is 32.6 Å². The molecule has 2 saturated heterocycles. The van der Waals surface area contributed by atoms with Gasteiger partial charge in [-0.3, -0.25) is 9.59 Å². The summed E-state index contributed by atoms with van der Waals surface area (Å²) in [5.41, 5.74) is -0.765. The van der Waals surface area contributed by atoms with Crippen LogP contribution in [0.25, 0.3) is 0 Å². The number of carboxylic acid groups (broad SMARTS) is 2. The summed E-state index contributed by atoms with van der Waals surface area (Å²) in [5, 5.41) is 18.5. The molecular weight excluding hydrogens is 316 g/mol. The standard InChI is InChI=1S/C15H18N4O5/c1-18-12(20)6-9(13(21)22)15(18)2-4-19(5-3-15)11-7-10(14(23)24)16-8-17-11/h7-9H,2-6H2,1H3,(H,21,22)(H,23,24). The summed E-state index contributed by atoms with van der Waals surface area (Å²) in [6.45, 7) is 0.995. The number of carboxylic acids is 2. The number of carbonyl (C=O) groups is 3. The lowest BCUT2D eigenvalue weighted by atomic mass is 9.77. The van der Waals surface area contributed by atoms with Gasteiger partial charge in [-0.15, -0.1) is 0 Å². The Labute approximate surface area is 137 Å². The molecular formula is C15H18N4O5. The van der Waals surface area contributed by atoms with E-state index in [4.69, 9.17) is 5.11 Å². The number of amides is 1. The zero-order valence-corrected chi connectivity index (χ0v) is 13.2. The summed E-state index contributed by atoms with van der Waals surface area (Å²) in [4.78, 5) is 45.8. The molecule has 9 nitrogen and oxygen atoms in total. The minimum atomic E-state index is -1.13. The normalized spacial score (nSPS) is 22.9. The highest BCUT2D eigenvalue weighted by molar-refractivity contribution is 5.88. The van der Waals surface area contributed by atoms with Crippen LogP contribution < -0.4 is 4.90 Å². The summed E-state index contributed by atoms with van der Waals surface area (Å²) in [7, 11) is 1.66. The van der Waals surface area contributed by atoms with Gasteiger partial charge in [-0.25, -0.2) is 14.8 Å². The second-order valence-corrected chi connectivity index (χ2v) is 6.20. The average Bonchev–Trinajstić information content (AvgIpc) is 2.81. The zero-order valence-electron chi connectivity index (χ0n) is 13.2. The van der Waals surface area contributed by atoms with Crippen LogP contribution in [0.2, 0.25) is 0 Å². The van der Waals surface area contributed by atoms with Crippen LogP contribution in [0.4, 0.5) is 5.82 Å². The minimum Gasteiger partial charge on any atom is -0.481 e. The molecule has 0 saturated carbocycles. The first-order valence-corrected chi connectivity index (χ1v) is 7.65. The van der Waals surface area contributed by atoms with Crippen molar-refractivity contribution < 1.29 is 24.6 Å². The van der Waals surface area contributed by atoms with Gasteiger partial charge in [0.25, 0.3) is 0 Å². The number of aliphatic carboxylic acids is 1. The van der Waals surface area contributed by atoms with E-state index in [-0.39, 0.29) is 18.0 Å². The lowest BCUT2D eigenvalue weighted by molar-refractivity contribution is -0.145. The molecule has 1 atom stereocenters. The Hall–Kier alpha value is -2.71. The van der Waals surface area contributed by atoms with Gasteiger partial charge < -0.3 is 20.0 Å². The fourth-order valence-corrected chi connectivity index (χ4v) is 3.74. The summed E-state index contributed by atoms with van der Waals surface area (Å²) in [5.74, 6) is -2.44. The number of hydrogen-bond donors (Lipinski definition) is 2. The van der Waals surface area contributed by atoms with E-state index >= 15 is 0 Å². The third kappa shape index (κ3) is 2.45. The van der Waals surface area contributed by atoms with E-state index in [0.717, 1.165) is 0 Å². The third-order valence-electron chi connectivity index (χ3n) is 5.19. The van der Waals surface area contributed by atoms with Gasteiger partial charge in [0.15, 0.2) is 5.69 Å². The van der Waals surface area contributed by atoms with Crippen molar-refractivity contribution in [3.8, 4) is 0 Å². The van der Waals surface area contributed by atoms with E-state index in [1.807, 2.05) is 4.90 Å². The number of piperidine rings is 1. The Balaban J connectivity index is 1.80. The molecule has 0 aromatic carbocycles. The zero-order chi connectivity index (χ0) is 17.5. The van der Waals surface area contributed by atoms with Gasteiger partial charge in [-0.05, 0) is 12.8 Å². The average molecular weight is 334 g/mol. The summed E-state index contributed by atoms with van der Waals surface area (Å²) >= 11 is 0. The Morgan fingerprint density at radius 2 is 1.92 bits per heavy atom. The molecule has 3 rings (SSSR count). The number of anilines is 1. The second-order valence-electron chi connectivity index (χ2n) is 6.20. The molecule has 2 aliphatic rings. The number of aromatic carboxylic acids is 1. The van der Waals surface area contributed by atoms with Crippen LogP contribution in [-0.4, -0.2) is 68.6 Å². The number of likely N-dealkylation sites (tertiary alicyclic amines) is 1. The van der Waals surface area contributed by atoms with Crippen molar-refractivity contribution >= 4 is 23.7 Å². The van der Waals surface area contributed by atoms with Crippen molar-refractivity contribution in [3.05, 3.63) is 18.1 Å². The van der Waals surface area contributed by atoms with Crippen LogP contribution in [0, 0.1) is 5.92 Å². The number of nitrogens with zero attached hydrogens (tertiary/aromatic N) is 4. The molecule has 1 aromatic rings. The maximum absolute atomic E-state index is 12.0. The van der Waals surface area contributed by atoms with Gasteiger partial charge in [0.2, 0.25) is 5.91 Å². The number of aromatic nitrogens is 2. The first kappa shape index (κ1) is 16.2. The SMILES string of the molecule is CN1C(=O)CC(C(=O)O)C12CCN(c1cc(C(=O)O)ncn1)CC2. The van der Waals surface area contributed by atoms with E-state index < -0.39 is 23.4 Å². The van der Waals surface area contributed by atoms with Gasteiger partial charge >= 0.3 is 11.9 Å². The van der Waals surface area contributed by atoms with E-state index in [1.54, 1.807) is 11.9 Å². The molecule has 24 heavy (non-hydrogen) atoms. The Kier molecular flexibility index (Phi) is 3.86. The highest BCUT2D eigenvalue weighted by Gasteiger charge is 2.55. The predicted molar refractivity (Wildman–Crippen MR) is 81.7 cm³/mol. The highest BCUT2D eigenvalue weighted by Crippen LogP contribution is 2.43. The smallest absolute Gasteiger partial charge is 0.354 e. The maximum atomic E-state index is 12.0. The molecule has 0 aliphatic carbocycles. The van der Waals surface area contributed by atoms with Crippen LogP contribution in [-0.2, 0) is 9.59 Å². The molecule has 0 bridgehead atoms. The molecule has 1 unspecified atom stereocenters. The quantitative estimate of drug-likeness (QED) is 0.796. The molecule has 2 fully saturated rings. The number of hydrogen-bond acceptors (Lipinski definition) is 6. The van der Waals surface area contributed by atoms with Crippen molar-refractivity contribution in [3.63, 3.8) is 0 Å². The van der Waals surface area contributed by atoms with E-state index in [0.29, 0.717) is 31.7 Å². The van der Waals surface area contributed by atoms with Crippen molar-refractivity contribution in [1.29, 1.82) is 0 Å². The Morgan fingerprint density at radius 3 is 2.50 bits per heavy atom. The van der Waals surface area contributed by atoms with Crippen molar-refractivity contribution in [2.45, 2.75) is 24.8 Å². The van der Waals surface area contributed by atoms with E-state index in [1.165, 1.54) is 12.4 Å². The third-order valence-corrected chi connectivity index (χ3v) is 5.19. The molecule has 128 valence electrons. The molecule has 3 heterocycles. The molecule has 1 amide bonds. The predicted octanol–water partition coefficient (Wildman–Crippen LogP) is 0.0767. The number of rotatable bonds is 3. The summed E-state index contributed by atoms with van der Waals surface area (Å²) in [6, 6.07) is 1.40. The molecule has 2 N–H and O–H groups in total. The number of carbonyl (C=O) groups excluding carboxylic acids is 1. The minimum absolute atomic E-state index is 0.0303. The fraction of sp³-hybridized carbons (Fsp3) is 0.533. The fourth-order valence-electron chi connectivity index (χ4n) is 3.74. The lowest BCUT2D eigenvalue weighted by Crippen LogP contribution is -2.56. The van der Waals surface area contributed by atoms with Gasteiger partial charge in [-0.1, -0.05) is 0 Å². The molecule has 9 heteroatoms. The largest absolute Gasteiger partial charge is 0.481 e. The lowest BCUT2D eigenvalue weighted by Gasteiger charge is -2.45. The van der Waals surface area contributed by atoms with Gasteiger partial charge in [-0.2, -0.15) is 0 Å². The highest BCUT2D eigenvalue weighted by atomic mass is 16.4. The van der Waals surface area contributed by atoms with Crippen molar-refractivity contribution in [2.24, 2.45) is 5.92 Å². The van der Waals surface area contributed by atoms with Crippen LogP contribution in [0.15, 0.2) is 12.4 Å². The van der Waals surface area contributed by atoms with Gasteiger partial charge in [0.1, 0.15) is 12.1 Å². The first-order chi connectivity index (χ1) is 11.3. The maximum Gasteiger partial charge on any atom is 0.354 e. The van der Waals surface area contributed by atoms with Crippen LogP contribution in [0.3, 0.4) is 0 Å². The van der Waals surface area contributed by atoms with E-state index in [2.05, 4.69) is 9.97 Å². The summed E-state index contributed by atoms with van der Waals surface area (Å²) < 4.78 is 0. The second kappa shape index (κ2) is 5.73. The van der Waals surface area contributed by atoms with Crippen molar-refractivity contribution in [2.75, 3.05) is 25.0 Å². The van der Waals surface area contributed by atoms with Gasteiger partial charge in [0.05, 0.1) is 11.5 Å². The van der Waals surface area contributed by atoms with Crippen LogP contribution in [0.1, 0.15) is 29.8 Å². The molecule has 1 aromatic heterocycles. The summed E-state index contributed by atoms with van der Waals surface area (Å²) in [6.07, 6.45) is 2.23. The van der Waals surface area contributed by atoms with E-state index in [9.17, 15) is 19.5 Å². The Bertz CT molecular complexity index is 699. The van der Waals surface area contributed by atoms with Crippen LogP contribution in [0.5, 0.6) is 0 Å².